The molecule has 2 aliphatic rings. The van der Waals surface area contributed by atoms with Gasteiger partial charge in [-0.3, -0.25) is 4.79 Å². The monoisotopic (exact) mass is 315 g/mol. The summed E-state index contributed by atoms with van der Waals surface area (Å²) in [4.78, 5) is 29.1. The van der Waals surface area contributed by atoms with Crippen molar-refractivity contribution in [3.8, 4) is 0 Å². The van der Waals surface area contributed by atoms with Crippen molar-refractivity contribution in [3.63, 3.8) is 0 Å². The molecule has 2 saturated heterocycles. The Kier molecular flexibility index (Phi) is 2.75. The van der Waals surface area contributed by atoms with E-state index < -0.39 is 0 Å². The van der Waals surface area contributed by atoms with Crippen LogP contribution in [0.4, 0.5) is 4.79 Å². The van der Waals surface area contributed by atoms with Gasteiger partial charge in [-0.25, -0.2) is 4.79 Å². The molecule has 1 N–H and O–H groups in total. The molecule has 22 heavy (non-hydrogen) atoms. The first-order valence-corrected chi connectivity index (χ1v) is 8.13. The predicted molar refractivity (Wildman–Crippen MR) is 86.4 cm³/mol. The third kappa shape index (κ3) is 1.70. The number of carbonyl (C=O) groups is 2. The van der Waals surface area contributed by atoms with Crippen molar-refractivity contribution in [2.75, 3.05) is 26.7 Å². The van der Waals surface area contributed by atoms with Crippen molar-refractivity contribution in [1.82, 2.24) is 15.1 Å². The van der Waals surface area contributed by atoms with Gasteiger partial charge >= 0.3 is 6.03 Å². The summed E-state index contributed by atoms with van der Waals surface area (Å²) in [6, 6.07) is 7.97. The Labute approximate surface area is 132 Å². The smallest absolute Gasteiger partial charge is 0.317 e. The van der Waals surface area contributed by atoms with Crippen LogP contribution in [0, 0.1) is 6.92 Å². The Morgan fingerprint density at radius 2 is 2.05 bits per heavy atom. The molecule has 2 aromatic rings. The molecule has 0 atom stereocenters. The summed E-state index contributed by atoms with van der Waals surface area (Å²) >= 11 is 1.66. The minimum atomic E-state index is -0.216. The molecule has 4 rings (SSSR count). The fourth-order valence-electron chi connectivity index (χ4n) is 3.42. The van der Waals surface area contributed by atoms with Crippen molar-refractivity contribution >= 4 is 33.4 Å². The number of likely N-dealkylation sites (tertiary alicyclic amines) is 1. The van der Waals surface area contributed by atoms with Crippen LogP contribution in [0.3, 0.4) is 0 Å². The van der Waals surface area contributed by atoms with E-state index in [-0.39, 0.29) is 17.5 Å². The van der Waals surface area contributed by atoms with Crippen molar-refractivity contribution in [1.29, 1.82) is 0 Å². The minimum absolute atomic E-state index is 0.0516. The number of urea groups is 1. The van der Waals surface area contributed by atoms with Crippen LogP contribution in [0.1, 0.15) is 15.2 Å². The molecule has 6 heteroatoms. The van der Waals surface area contributed by atoms with Crippen LogP contribution < -0.4 is 5.32 Å². The number of thiophene rings is 1. The zero-order valence-electron chi connectivity index (χ0n) is 12.5. The fourth-order valence-corrected chi connectivity index (χ4v) is 4.47. The highest BCUT2D eigenvalue weighted by atomic mass is 32.1. The lowest BCUT2D eigenvalue weighted by molar-refractivity contribution is 0.00790. The van der Waals surface area contributed by atoms with Crippen LogP contribution in [0.15, 0.2) is 24.3 Å². The van der Waals surface area contributed by atoms with E-state index in [0.29, 0.717) is 19.6 Å². The van der Waals surface area contributed by atoms with Crippen molar-refractivity contribution in [3.05, 3.63) is 34.7 Å². The Morgan fingerprint density at radius 3 is 2.73 bits per heavy atom. The number of aryl methyl sites for hydroxylation is 1. The number of rotatable bonds is 1. The summed E-state index contributed by atoms with van der Waals surface area (Å²) < 4.78 is 1.15. The van der Waals surface area contributed by atoms with Gasteiger partial charge in [0, 0.05) is 41.6 Å². The Bertz CT molecular complexity index is 792. The fraction of sp³-hybridized carbons (Fsp3) is 0.375. The molecule has 3 amide bonds. The quantitative estimate of drug-likeness (QED) is 0.876. The summed E-state index contributed by atoms with van der Waals surface area (Å²) in [6.45, 7) is 3.82. The second-order valence-corrected chi connectivity index (χ2v) is 7.39. The second kappa shape index (κ2) is 4.46. The number of hydrogen-bond acceptors (Lipinski definition) is 3. The molecule has 0 unspecified atom stereocenters. The highest BCUT2D eigenvalue weighted by Gasteiger charge is 2.53. The highest BCUT2D eigenvalue weighted by Crippen LogP contribution is 2.35. The van der Waals surface area contributed by atoms with E-state index in [1.54, 1.807) is 23.3 Å². The molecule has 5 nitrogen and oxygen atoms in total. The van der Waals surface area contributed by atoms with Crippen LogP contribution in [0.2, 0.25) is 0 Å². The lowest BCUT2D eigenvalue weighted by Crippen LogP contribution is -2.70. The topological polar surface area (TPSA) is 52.7 Å². The molecule has 1 spiro atoms. The summed E-state index contributed by atoms with van der Waals surface area (Å²) in [5, 5.41) is 3.88. The van der Waals surface area contributed by atoms with Gasteiger partial charge in [0.2, 0.25) is 0 Å². The number of hydrogen-bond donors (Lipinski definition) is 1. The van der Waals surface area contributed by atoms with E-state index in [1.165, 1.54) is 0 Å². The molecule has 3 heterocycles. The third-order valence-electron chi connectivity index (χ3n) is 4.83. The van der Waals surface area contributed by atoms with Crippen LogP contribution in [0.25, 0.3) is 10.1 Å². The standard InChI is InChI=1S/C16H17N3O2S/c1-10-13(11-5-3-4-6-12(11)22-10)14(20)19-8-16(9-19)7-17-15(21)18(16)2/h3-6H,7-9H2,1-2H3,(H,17,21). The summed E-state index contributed by atoms with van der Waals surface area (Å²) in [7, 11) is 1.80. The first-order valence-electron chi connectivity index (χ1n) is 7.31. The maximum atomic E-state index is 12.9. The third-order valence-corrected chi connectivity index (χ3v) is 5.91. The van der Waals surface area contributed by atoms with Gasteiger partial charge in [0.15, 0.2) is 0 Å². The van der Waals surface area contributed by atoms with E-state index in [9.17, 15) is 9.59 Å². The minimum Gasteiger partial charge on any atom is -0.335 e. The van der Waals surface area contributed by atoms with Crippen LogP contribution in [0.5, 0.6) is 0 Å². The molecule has 0 bridgehead atoms. The Balaban J connectivity index is 1.61. The summed E-state index contributed by atoms with van der Waals surface area (Å²) in [5.41, 5.74) is 0.599. The molecule has 2 fully saturated rings. The number of likely N-dealkylation sites (N-methyl/N-ethyl adjacent to an activating group) is 1. The number of nitrogens with one attached hydrogen (secondary N) is 1. The van der Waals surface area contributed by atoms with E-state index >= 15 is 0 Å². The van der Waals surface area contributed by atoms with Gasteiger partial charge in [-0.15, -0.1) is 11.3 Å². The zero-order chi connectivity index (χ0) is 15.5. The van der Waals surface area contributed by atoms with Gasteiger partial charge in [-0.05, 0) is 13.0 Å². The average molecular weight is 315 g/mol. The van der Waals surface area contributed by atoms with Gasteiger partial charge in [-0.1, -0.05) is 18.2 Å². The molecular formula is C16H17N3O2S. The Morgan fingerprint density at radius 1 is 1.32 bits per heavy atom. The molecular weight excluding hydrogens is 298 g/mol. The van der Waals surface area contributed by atoms with Crippen LogP contribution in [-0.4, -0.2) is 54.0 Å². The number of fused-ring (bicyclic) bond motifs is 1. The Hall–Kier alpha value is -2.08. The van der Waals surface area contributed by atoms with Gasteiger partial charge in [0.05, 0.1) is 11.1 Å². The number of amides is 3. The van der Waals surface area contributed by atoms with E-state index in [4.69, 9.17) is 0 Å². The van der Waals surface area contributed by atoms with Gasteiger partial charge < -0.3 is 15.1 Å². The molecule has 114 valence electrons. The van der Waals surface area contributed by atoms with Crippen molar-refractivity contribution in [2.24, 2.45) is 0 Å². The number of carbonyl (C=O) groups excluding carboxylic acids is 2. The van der Waals surface area contributed by atoms with Gasteiger partial charge in [-0.2, -0.15) is 0 Å². The highest BCUT2D eigenvalue weighted by molar-refractivity contribution is 7.19. The summed E-state index contributed by atoms with van der Waals surface area (Å²) in [5.74, 6) is 0.0772. The van der Waals surface area contributed by atoms with Crippen molar-refractivity contribution < 1.29 is 9.59 Å². The van der Waals surface area contributed by atoms with Crippen LogP contribution >= 0.6 is 11.3 Å². The van der Waals surface area contributed by atoms with E-state index in [1.807, 2.05) is 30.0 Å². The number of nitrogens with zero attached hydrogens (tertiary/aromatic N) is 2. The molecule has 0 radical (unpaired) electrons. The SMILES string of the molecule is Cc1sc2ccccc2c1C(=O)N1CC2(CNC(=O)N2C)C1. The maximum absolute atomic E-state index is 12.9. The molecule has 0 aliphatic carbocycles. The average Bonchev–Trinajstić information content (AvgIpc) is 2.94. The normalized spacial score (nSPS) is 19.6. The van der Waals surface area contributed by atoms with Crippen molar-refractivity contribution in [2.45, 2.75) is 12.5 Å². The second-order valence-electron chi connectivity index (χ2n) is 6.13. The maximum Gasteiger partial charge on any atom is 0.317 e. The molecule has 1 aromatic carbocycles. The summed E-state index contributed by atoms with van der Waals surface area (Å²) in [6.07, 6.45) is 0. The lowest BCUT2D eigenvalue weighted by Gasteiger charge is -2.50. The van der Waals surface area contributed by atoms with Gasteiger partial charge in [0.25, 0.3) is 5.91 Å². The molecule has 0 saturated carbocycles. The lowest BCUT2D eigenvalue weighted by atomic mass is 9.88. The number of benzene rings is 1. The van der Waals surface area contributed by atoms with Gasteiger partial charge in [0.1, 0.15) is 0 Å². The van der Waals surface area contributed by atoms with Crippen LogP contribution in [-0.2, 0) is 0 Å². The van der Waals surface area contributed by atoms with E-state index in [0.717, 1.165) is 20.5 Å². The first kappa shape index (κ1) is 13.6. The van der Waals surface area contributed by atoms with E-state index in [2.05, 4.69) is 11.4 Å². The largest absolute Gasteiger partial charge is 0.335 e. The first-order chi connectivity index (χ1) is 10.5. The molecule has 2 aliphatic heterocycles. The zero-order valence-corrected chi connectivity index (χ0v) is 13.4. The predicted octanol–water partition coefficient (Wildman–Crippen LogP) is 2.06. The molecule has 1 aromatic heterocycles.